The van der Waals surface area contributed by atoms with E-state index in [0.29, 0.717) is 19.1 Å². The van der Waals surface area contributed by atoms with E-state index in [9.17, 15) is 9.18 Å². The van der Waals surface area contributed by atoms with Crippen molar-refractivity contribution in [3.05, 3.63) is 29.8 Å². The van der Waals surface area contributed by atoms with Gasteiger partial charge < -0.3 is 9.64 Å². The summed E-state index contributed by atoms with van der Waals surface area (Å²) in [6.45, 7) is 2.06. The van der Waals surface area contributed by atoms with E-state index >= 15 is 0 Å². The van der Waals surface area contributed by atoms with Gasteiger partial charge in [-0.2, -0.15) is 4.39 Å². The fourth-order valence-corrected chi connectivity index (χ4v) is 2.17. The first-order valence-corrected chi connectivity index (χ1v) is 6.12. The molecule has 0 radical (unpaired) electrons. The molecule has 1 saturated heterocycles. The first-order chi connectivity index (χ1) is 8.68. The average Bonchev–Trinajstić information content (AvgIpc) is 2.39. The summed E-state index contributed by atoms with van der Waals surface area (Å²) in [7, 11) is 1.68. The molecule has 4 nitrogen and oxygen atoms in total. The van der Waals surface area contributed by atoms with Crippen LogP contribution in [0.1, 0.15) is 23.2 Å². The molecule has 1 unspecified atom stereocenters. The number of hydrogen-bond donors (Lipinski definition) is 0. The van der Waals surface area contributed by atoms with Crippen molar-refractivity contribution in [3.63, 3.8) is 0 Å². The summed E-state index contributed by atoms with van der Waals surface area (Å²) >= 11 is 0. The normalized spacial score (nSPS) is 19.6. The summed E-state index contributed by atoms with van der Waals surface area (Å²) in [6.07, 6.45) is 3.40. The number of amides is 1. The quantitative estimate of drug-likeness (QED) is 0.769. The molecule has 1 amide bonds. The van der Waals surface area contributed by atoms with E-state index in [1.54, 1.807) is 18.0 Å². The number of pyridine rings is 1. The molecule has 1 atom stereocenters. The van der Waals surface area contributed by atoms with Gasteiger partial charge in [-0.05, 0) is 30.9 Å². The fraction of sp³-hybridized carbons (Fsp3) is 0.538. The van der Waals surface area contributed by atoms with Gasteiger partial charge in [0, 0.05) is 26.4 Å². The largest absolute Gasteiger partial charge is 0.381 e. The zero-order valence-electron chi connectivity index (χ0n) is 10.4. The Labute approximate surface area is 106 Å². The molecule has 0 spiro atoms. The molecule has 2 heterocycles. The van der Waals surface area contributed by atoms with Crippen LogP contribution in [-0.2, 0) is 4.74 Å². The summed E-state index contributed by atoms with van der Waals surface area (Å²) < 4.78 is 18.8. The van der Waals surface area contributed by atoms with Gasteiger partial charge in [-0.15, -0.1) is 0 Å². The number of hydrogen-bond acceptors (Lipinski definition) is 3. The Kier molecular flexibility index (Phi) is 4.25. The van der Waals surface area contributed by atoms with Crippen LogP contribution in [0.2, 0.25) is 0 Å². The third-order valence-corrected chi connectivity index (χ3v) is 3.12. The van der Waals surface area contributed by atoms with Gasteiger partial charge in [0.15, 0.2) is 0 Å². The van der Waals surface area contributed by atoms with Crippen molar-refractivity contribution in [2.75, 3.05) is 26.8 Å². The summed E-state index contributed by atoms with van der Waals surface area (Å²) in [6, 6.07) is 3.02. The molecular formula is C13H17FN2O2. The molecule has 2 rings (SSSR count). The van der Waals surface area contributed by atoms with E-state index in [0.717, 1.165) is 19.4 Å². The van der Waals surface area contributed by atoms with E-state index in [4.69, 9.17) is 4.74 Å². The molecule has 0 aromatic carbocycles. The second kappa shape index (κ2) is 5.91. The van der Waals surface area contributed by atoms with E-state index in [-0.39, 0.29) is 11.5 Å². The highest BCUT2D eigenvalue weighted by atomic mass is 19.1. The molecular weight excluding hydrogens is 235 g/mol. The zero-order chi connectivity index (χ0) is 13.0. The van der Waals surface area contributed by atoms with E-state index in [2.05, 4.69) is 4.98 Å². The van der Waals surface area contributed by atoms with E-state index in [1.807, 2.05) is 0 Å². The topological polar surface area (TPSA) is 42.4 Å². The third-order valence-electron chi connectivity index (χ3n) is 3.12. The smallest absolute Gasteiger partial charge is 0.258 e. The van der Waals surface area contributed by atoms with E-state index < -0.39 is 5.95 Å². The summed E-state index contributed by atoms with van der Waals surface area (Å²) in [4.78, 5) is 17.1. The minimum atomic E-state index is -0.714. The van der Waals surface area contributed by atoms with Gasteiger partial charge in [-0.1, -0.05) is 0 Å². The van der Waals surface area contributed by atoms with Crippen LogP contribution in [0.3, 0.4) is 0 Å². The standard InChI is InChI=1S/C13H17FN2O2/c1-16(8-10-4-3-7-18-9-10)13(17)11-5-2-6-15-12(11)14/h2,5-6,10H,3-4,7-9H2,1H3. The number of aromatic nitrogens is 1. The van der Waals surface area contributed by atoms with Gasteiger partial charge in [0.2, 0.25) is 5.95 Å². The number of halogens is 1. The van der Waals surface area contributed by atoms with Crippen molar-refractivity contribution in [1.82, 2.24) is 9.88 Å². The Morgan fingerprint density at radius 3 is 3.17 bits per heavy atom. The highest BCUT2D eigenvalue weighted by Gasteiger charge is 2.21. The molecule has 5 heteroatoms. The van der Waals surface area contributed by atoms with Crippen LogP contribution >= 0.6 is 0 Å². The van der Waals surface area contributed by atoms with Crippen molar-refractivity contribution in [3.8, 4) is 0 Å². The van der Waals surface area contributed by atoms with Crippen LogP contribution in [0, 0.1) is 11.9 Å². The number of carbonyl (C=O) groups excluding carboxylic acids is 1. The summed E-state index contributed by atoms with van der Waals surface area (Å²) in [5, 5.41) is 0. The van der Waals surface area contributed by atoms with E-state index in [1.165, 1.54) is 12.3 Å². The maximum absolute atomic E-state index is 13.4. The first-order valence-electron chi connectivity index (χ1n) is 6.12. The molecule has 18 heavy (non-hydrogen) atoms. The SMILES string of the molecule is CN(CC1CCCOC1)C(=O)c1cccnc1F. The number of carbonyl (C=O) groups is 1. The lowest BCUT2D eigenvalue weighted by atomic mass is 10.0. The Morgan fingerprint density at radius 2 is 2.50 bits per heavy atom. The molecule has 1 aromatic rings. The fourth-order valence-electron chi connectivity index (χ4n) is 2.17. The summed E-state index contributed by atoms with van der Waals surface area (Å²) in [5.74, 6) is -0.701. The van der Waals surface area contributed by atoms with Crippen LogP contribution in [0.5, 0.6) is 0 Å². The predicted molar refractivity (Wildman–Crippen MR) is 64.7 cm³/mol. The maximum Gasteiger partial charge on any atom is 0.258 e. The van der Waals surface area contributed by atoms with Gasteiger partial charge >= 0.3 is 0 Å². The molecule has 1 aliphatic rings. The van der Waals surface area contributed by atoms with Crippen LogP contribution in [0.25, 0.3) is 0 Å². The highest BCUT2D eigenvalue weighted by molar-refractivity contribution is 5.93. The van der Waals surface area contributed by atoms with Gasteiger partial charge in [0.1, 0.15) is 0 Å². The van der Waals surface area contributed by atoms with Crippen molar-refractivity contribution >= 4 is 5.91 Å². The molecule has 1 aromatic heterocycles. The van der Waals surface area contributed by atoms with Crippen LogP contribution < -0.4 is 0 Å². The molecule has 98 valence electrons. The lowest BCUT2D eigenvalue weighted by Crippen LogP contribution is -2.35. The van der Waals surface area contributed by atoms with Gasteiger partial charge in [-0.3, -0.25) is 4.79 Å². The number of nitrogens with zero attached hydrogens (tertiary/aromatic N) is 2. The molecule has 1 aliphatic heterocycles. The average molecular weight is 252 g/mol. The molecule has 0 bridgehead atoms. The molecule has 0 N–H and O–H groups in total. The van der Waals surface area contributed by atoms with Crippen molar-refractivity contribution in [2.24, 2.45) is 5.92 Å². The monoisotopic (exact) mass is 252 g/mol. The minimum absolute atomic E-state index is 0.0247. The lowest BCUT2D eigenvalue weighted by molar-refractivity contribution is 0.0387. The second-order valence-electron chi connectivity index (χ2n) is 4.61. The Morgan fingerprint density at radius 1 is 1.67 bits per heavy atom. The zero-order valence-corrected chi connectivity index (χ0v) is 10.4. The van der Waals surface area contributed by atoms with Crippen molar-refractivity contribution in [1.29, 1.82) is 0 Å². The first kappa shape index (κ1) is 13.0. The Balaban J connectivity index is 1.98. The second-order valence-corrected chi connectivity index (χ2v) is 4.61. The van der Waals surface area contributed by atoms with Crippen molar-refractivity contribution < 1.29 is 13.9 Å². The Hall–Kier alpha value is -1.49. The number of ether oxygens (including phenoxy) is 1. The van der Waals surface area contributed by atoms with Crippen LogP contribution in [-0.4, -0.2) is 42.6 Å². The van der Waals surface area contributed by atoms with Gasteiger partial charge in [-0.25, -0.2) is 4.98 Å². The molecule has 0 aliphatic carbocycles. The lowest BCUT2D eigenvalue weighted by Gasteiger charge is -2.27. The minimum Gasteiger partial charge on any atom is -0.381 e. The Bertz CT molecular complexity index is 419. The predicted octanol–water partition coefficient (Wildman–Crippen LogP) is 1.72. The van der Waals surface area contributed by atoms with Crippen LogP contribution in [0.4, 0.5) is 4.39 Å². The number of rotatable bonds is 3. The van der Waals surface area contributed by atoms with Crippen LogP contribution in [0.15, 0.2) is 18.3 Å². The summed E-state index contributed by atoms with van der Waals surface area (Å²) in [5.41, 5.74) is 0.0247. The highest BCUT2D eigenvalue weighted by Crippen LogP contribution is 2.16. The molecule has 0 saturated carbocycles. The molecule has 1 fully saturated rings. The van der Waals surface area contributed by atoms with Gasteiger partial charge in [0.05, 0.1) is 12.2 Å². The van der Waals surface area contributed by atoms with Crippen molar-refractivity contribution in [2.45, 2.75) is 12.8 Å². The third kappa shape index (κ3) is 3.04. The van der Waals surface area contributed by atoms with Gasteiger partial charge in [0.25, 0.3) is 5.91 Å². The maximum atomic E-state index is 13.4.